The van der Waals surface area contributed by atoms with Crippen LogP contribution in [0.25, 0.3) is 11.1 Å². The van der Waals surface area contributed by atoms with Crippen molar-refractivity contribution >= 4 is 5.91 Å². The van der Waals surface area contributed by atoms with E-state index in [4.69, 9.17) is 15.2 Å². The van der Waals surface area contributed by atoms with E-state index in [-0.39, 0.29) is 17.7 Å². The number of hydrogen-bond acceptors (Lipinski definition) is 5. The van der Waals surface area contributed by atoms with Crippen LogP contribution in [0.15, 0.2) is 47.4 Å². The fraction of sp³-hybridized carbons (Fsp3) is 0.250. The van der Waals surface area contributed by atoms with Crippen molar-refractivity contribution in [3.63, 3.8) is 0 Å². The third kappa shape index (κ3) is 5.12. The number of carbonyl (C=O) groups excluding carboxylic acids is 1. The molecule has 0 spiro atoms. The average molecular weight is 436 g/mol. The lowest BCUT2D eigenvalue weighted by Gasteiger charge is -2.14. The quantitative estimate of drug-likeness (QED) is 0.564. The number of methoxy groups -OCH3 is 1. The summed E-state index contributed by atoms with van der Waals surface area (Å²) in [6.45, 7) is 1.23. The molecule has 0 fully saturated rings. The summed E-state index contributed by atoms with van der Waals surface area (Å²) in [5.41, 5.74) is 2.63. The van der Waals surface area contributed by atoms with Crippen LogP contribution in [-0.2, 0) is 24.1 Å². The number of ether oxygens (including phenoxy) is 2. The highest BCUT2D eigenvalue weighted by Crippen LogP contribution is 2.35. The molecule has 0 aliphatic heterocycles. The largest absolute Gasteiger partial charge is 0.487 e. The second-order valence-corrected chi connectivity index (χ2v) is 6.51. The lowest BCUT2D eigenvalue weighted by atomic mass is 10.0. The number of H-pyrrole nitrogens is 1. The molecule has 2 heterocycles. The first-order valence-electron chi connectivity index (χ1n) is 9.08. The smallest absolute Gasteiger partial charge is 0.431 e. The zero-order valence-corrected chi connectivity index (χ0v) is 16.4. The van der Waals surface area contributed by atoms with E-state index in [0.29, 0.717) is 18.9 Å². The molecule has 0 atom stereocenters. The maximum absolute atomic E-state index is 13.4. The number of nitrogens with zero attached hydrogens (tertiary/aromatic N) is 2. The summed E-state index contributed by atoms with van der Waals surface area (Å²) in [5, 5.41) is 4.17. The van der Waals surface area contributed by atoms with Crippen LogP contribution in [-0.4, -0.2) is 34.4 Å². The molecular formula is C20H19F3N4O4. The van der Waals surface area contributed by atoms with Gasteiger partial charge in [0.25, 0.3) is 11.5 Å². The van der Waals surface area contributed by atoms with E-state index in [2.05, 4.69) is 5.10 Å². The summed E-state index contributed by atoms with van der Waals surface area (Å²) in [6.07, 6.45) is -3.21. The second-order valence-electron chi connectivity index (χ2n) is 6.51. The Morgan fingerprint density at radius 1 is 1.23 bits per heavy atom. The number of aromatic amines is 1. The van der Waals surface area contributed by atoms with Gasteiger partial charge >= 0.3 is 6.18 Å². The summed E-state index contributed by atoms with van der Waals surface area (Å²) >= 11 is 0. The Labute approximate surface area is 174 Å². The van der Waals surface area contributed by atoms with Gasteiger partial charge in [-0.25, -0.2) is 0 Å². The predicted octanol–water partition coefficient (Wildman–Crippen LogP) is 2.58. The van der Waals surface area contributed by atoms with Crippen molar-refractivity contribution in [1.29, 1.82) is 0 Å². The van der Waals surface area contributed by atoms with Crippen LogP contribution >= 0.6 is 0 Å². The molecule has 3 N–H and O–H groups in total. The first-order chi connectivity index (χ1) is 14.7. The van der Waals surface area contributed by atoms with E-state index in [1.54, 1.807) is 29.0 Å². The Morgan fingerprint density at radius 2 is 1.94 bits per heavy atom. The number of nitrogens with two attached hydrogens (primary N) is 1. The monoisotopic (exact) mass is 436 g/mol. The molecule has 3 aromatic rings. The number of aromatic nitrogens is 3. The number of amides is 1. The van der Waals surface area contributed by atoms with Crippen LogP contribution in [0, 0.1) is 0 Å². The van der Waals surface area contributed by atoms with Gasteiger partial charge in [0.2, 0.25) is 0 Å². The molecule has 3 rings (SSSR count). The molecule has 0 unspecified atom stereocenters. The standard InChI is InChI=1S/C20H19F3N4O4/c1-30-9-8-27-13(6-7-25-27)11-31-14-4-2-12(3-5-14)15-10-16(18(24)28)19(29)26-17(15)20(21,22)23/h2-7,10H,8-9,11H2,1H3,(H2,24,28)(H,26,29). The minimum atomic E-state index is -4.83. The van der Waals surface area contributed by atoms with Gasteiger partial charge in [-0.15, -0.1) is 0 Å². The molecule has 0 saturated heterocycles. The summed E-state index contributed by atoms with van der Waals surface area (Å²) < 4.78 is 52.6. The number of hydrogen-bond donors (Lipinski definition) is 2. The first kappa shape index (κ1) is 22.1. The summed E-state index contributed by atoms with van der Waals surface area (Å²) in [5.74, 6) is -0.711. The van der Waals surface area contributed by atoms with Gasteiger partial charge in [0.15, 0.2) is 0 Å². The number of rotatable bonds is 8. The van der Waals surface area contributed by atoms with Gasteiger partial charge in [0.1, 0.15) is 23.6 Å². The molecule has 0 saturated carbocycles. The fourth-order valence-electron chi connectivity index (χ4n) is 2.91. The van der Waals surface area contributed by atoms with Crippen molar-refractivity contribution in [2.24, 2.45) is 5.73 Å². The number of benzene rings is 1. The molecule has 0 aliphatic rings. The van der Waals surface area contributed by atoms with Gasteiger partial charge in [0, 0.05) is 18.9 Å². The van der Waals surface area contributed by atoms with Crippen LogP contribution in [0.3, 0.4) is 0 Å². The van der Waals surface area contributed by atoms with Crippen LogP contribution in [0.5, 0.6) is 5.75 Å². The molecule has 1 amide bonds. The van der Waals surface area contributed by atoms with Gasteiger partial charge in [-0.1, -0.05) is 12.1 Å². The highest BCUT2D eigenvalue weighted by atomic mass is 19.4. The fourth-order valence-corrected chi connectivity index (χ4v) is 2.91. The van der Waals surface area contributed by atoms with Gasteiger partial charge in [0.05, 0.1) is 18.8 Å². The lowest BCUT2D eigenvalue weighted by Crippen LogP contribution is -2.27. The predicted molar refractivity (Wildman–Crippen MR) is 104 cm³/mol. The molecule has 11 heteroatoms. The van der Waals surface area contributed by atoms with E-state index >= 15 is 0 Å². The molecule has 0 aliphatic carbocycles. The Balaban J connectivity index is 1.85. The van der Waals surface area contributed by atoms with Crippen molar-refractivity contribution < 1.29 is 27.4 Å². The number of pyridine rings is 1. The van der Waals surface area contributed by atoms with Gasteiger partial charge < -0.3 is 20.2 Å². The Morgan fingerprint density at radius 3 is 2.55 bits per heavy atom. The number of primary amides is 1. The summed E-state index contributed by atoms with van der Waals surface area (Å²) in [7, 11) is 1.58. The minimum Gasteiger partial charge on any atom is -0.487 e. The third-order valence-corrected chi connectivity index (χ3v) is 4.45. The van der Waals surface area contributed by atoms with E-state index in [0.717, 1.165) is 11.8 Å². The first-order valence-corrected chi connectivity index (χ1v) is 9.08. The van der Waals surface area contributed by atoms with Crippen LogP contribution in [0.2, 0.25) is 0 Å². The minimum absolute atomic E-state index is 0.128. The van der Waals surface area contributed by atoms with Crippen LogP contribution < -0.4 is 16.0 Å². The summed E-state index contributed by atoms with van der Waals surface area (Å²) in [6, 6.07) is 8.39. The molecule has 8 nitrogen and oxygen atoms in total. The maximum atomic E-state index is 13.4. The SMILES string of the molecule is COCCn1nccc1COc1ccc(-c2cc(C(N)=O)c(=O)[nH]c2C(F)(F)F)cc1. The van der Waals surface area contributed by atoms with Crippen molar-refractivity contribution in [2.75, 3.05) is 13.7 Å². The third-order valence-electron chi connectivity index (χ3n) is 4.45. The number of nitrogens with one attached hydrogen (secondary N) is 1. The zero-order valence-electron chi connectivity index (χ0n) is 16.4. The van der Waals surface area contributed by atoms with Crippen molar-refractivity contribution in [3.8, 4) is 16.9 Å². The Hall–Kier alpha value is -3.60. The highest BCUT2D eigenvalue weighted by molar-refractivity contribution is 5.94. The zero-order chi connectivity index (χ0) is 22.6. The van der Waals surface area contributed by atoms with Crippen molar-refractivity contribution in [1.82, 2.24) is 14.8 Å². The van der Waals surface area contributed by atoms with Gasteiger partial charge in [-0.05, 0) is 29.8 Å². The molecule has 1 aromatic carbocycles. The van der Waals surface area contributed by atoms with Crippen LogP contribution in [0.1, 0.15) is 21.7 Å². The Kier molecular flexibility index (Phi) is 6.44. The molecule has 0 bridgehead atoms. The van der Waals surface area contributed by atoms with Crippen LogP contribution in [0.4, 0.5) is 13.2 Å². The van der Waals surface area contributed by atoms with Gasteiger partial charge in [-0.2, -0.15) is 18.3 Å². The van der Waals surface area contributed by atoms with E-state index < -0.39 is 28.9 Å². The van der Waals surface area contributed by atoms with Crippen molar-refractivity contribution in [2.45, 2.75) is 19.3 Å². The maximum Gasteiger partial charge on any atom is 0.431 e. The van der Waals surface area contributed by atoms with Gasteiger partial charge in [-0.3, -0.25) is 14.3 Å². The normalized spacial score (nSPS) is 11.5. The lowest BCUT2D eigenvalue weighted by molar-refractivity contribution is -0.140. The Bertz CT molecular complexity index is 1120. The number of halogens is 3. The number of alkyl halides is 3. The van der Waals surface area contributed by atoms with E-state index in [1.807, 2.05) is 0 Å². The van der Waals surface area contributed by atoms with E-state index in [9.17, 15) is 22.8 Å². The average Bonchev–Trinajstić information content (AvgIpc) is 3.17. The topological polar surface area (TPSA) is 112 Å². The second kappa shape index (κ2) is 9.04. The molecule has 2 aromatic heterocycles. The van der Waals surface area contributed by atoms with Crippen molar-refractivity contribution in [3.05, 3.63) is 69.9 Å². The number of carbonyl (C=O) groups is 1. The molecule has 164 valence electrons. The summed E-state index contributed by atoms with van der Waals surface area (Å²) in [4.78, 5) is 24.9. The highest BCUT2D eigenvalue weighted by Gasteiger charge is 2.36. The molecule has 31 heavy (non-hydrogen) atoms. The molecule has 0 radical (unpaired) electrons. The molecular weight excluding hydrogens is 417 g/mol. The van der Waals surface area contributed by atoms with E-state index in [1.165, 1.54) is 24.3 Å².